The molecule has 0 saturated heterocycles. The molecule has 2 rings (SSSR count). The molecule has 0 unspecified atom stereocenters. The summed E-state index contributed by atoms with van der Waals surface area (Å²) < 4.78 is 18.9. The van der Waals surface area contributed by atoms with Crippen LogP contribution in [0.15, 0.2) is 30.3 Å². The molecule has 2 N–H and O–H groups in total. The number of nitrogen functional groups attached to an aromatic ring is 1. The van der Waals surface area contributed by atoms with Crippen LogP contribution >= 0.6 is 0 Å². The van der Waals surface area contributed by atoms with Crippen LogP contribution in [-0.4, -0.2) is 12.1 Å². The number of methoxy groups -OCH3 is 1. The minimum Gasteiger partial charge on any atom is -0.494 e. The maximum absolute atomic E-state index is 14.0. The van der Waals surface area contributed by atoms with Crippen LogP contribution in [0.4, 0.5) is 10.1 Å². The van der Waals surface area contributed by atoms with Crippen molar-refractivity contribution in [3.05, 3.63) is 41.8 Å². The number of hydrogen-bond donors (Lipinski definition) is 1. The van der Waals surface area contributed by atoms with E-state index < -0.39 is 5.82 Å². The summed E-state index contributed by atoms with van der Waals surface area (Å²) in [6.45, 7) is 1.79. The third-order valence-electron chi connectivity index (χ3n) is 2.59. The highest BCUT2D eigenvalue weighted by atomic mass is 19.1. The van der Waals surface area contributed by atoms with E-state index in [1.54, 1.807) is 37.3 Å². The number of anilines is 1. The number of ether oxygens (including phenoxy) is 1. The van der Waals surface area contributed by atoms with Gasteiger partial charge in [0.05, 0.1) is 24.2 Å². The molecule has 0 atom stereocenters. The Hall–Kier alpha value is -2.10. The number of pyridine rings is 1. The van der Waals surface area contributed by atoms with Crippen molar-refractivity contribution in [1.82, 2.24) is 4.98 Å². The molecule has 0 fully saturated rings. The van der Waals surface area contributed by atoms with Crippen LogP contribution < -0.4 is 10.5 Å². The lowest BCUT2D eigenvalue weighted by Crippen LogP contribution is -1.97. The molecule has 0 aliphatic rings. The lowest BCUT2D eigenvalue weighted by atomic mass is 10.1. The molecule has 1 heterocycles. The highest BCUT2D eigenvalue weighted by Gasteiger charge is 2.11. The van der Waals surface area contributed by atoms with E-state index in [4.69, 9.17) is 10.5 Å². The normalized spacial score (nSPS) is 10.3. The van der Waals surface area contributed by atoms with E-state index in [9.17, 15) is 4.39 Å². The number of hydrogen-bond acceptors (Lipinski definition) is 3. The molecule has 1 aromatic heterocycles. The fraction of sp³-hybridized carbons (Fsp3) is 0.154. The monoisotopic (exact) mass is 232 g/mol. The maximum atomic E-state index is 14.0. The summed E-state index contributed by atoms with van der Waals surface area (Å²) in [6, 6.07) is 8.38. The van der Waals surface area contributed by atoms with Gasteiger partial charge in [-0.3, -0.25) is 4.98 Å². The van der Waals surface area contributed by atoms with E-state index in [-0.39, 0.29) is 5.75 Å². The predicted octanol–water partition coefficient (Wildman–Crippen LogP) is 2.79. The van der Waals surface area contributed by atoms with Crippen LogP contribution in [0.1, 0.15) is 5.69 Å². The molecule has 0 radical (unpaired) electrons. The van der Waals surface area contributed by atoms with Gasteiger partial charge in [-0.15, -0.1) is 0 Å². The number of nitrogens with zero attached hydrogens (tertiary/aromatic N) is 1. The molecular formula is C13H13FN2O. The van der Waals surface area contributed by atoms with Gasteiger partial charge in [0.1, 0.15) is 0 Å². The first-order valence-corrected chi connectivity index (χ1v) is 5.19. The zero-order valence-electron chi connectivity index (χ0n) is 9.70. The maximum Gasteiger partial charge on any atom is 0.174 e. The molecule has 88 valence electrons. The Morgan fingerprint density at radius 1 is 1.24 bits per heavy atom. The zero-order chi connectivity index (χ0) is 12.4. The van der Waals surface area contributed by atoms with Gasteiger partial charge in [0.25, 0.3) is 0 Å². The third-order valence-corrected chi connectivity index (χ3v) is 2.59. The van der Waals surface area contributed by atoms with E-state index in [1.165, 1.54) is 7.11 Å². The third kappa shape index (κ3) is 2.06. The molecule has 1 aromatic carbocycles. The summed E-state index contributed by atoms with van der Waals surface area (Å²) in [5, 5.41) is 0. The molecule has 17 heavy (non-hydrogen) atoms. The largest absolute Gasteiger partial charge is 0.494 e. The molecule has 0 amide bonds. The van der Waals surface area contributed by atoms with Crippen molar-refractivity contribution in [1.29, 1.82) is 0 Å². The standard InChI is InChI=1S/C13H13FN2O/c1-8-10(15)6-7-11(16-8)9-4-3-5-12(17-2)13(9)14/h3-7H,15H2,1-2H3. The Labute approximate surface area is 99.1 Å². The average molecular weight is 232 g/mol. The van der Waals surface area contributed by atoms with E-state index in [0.717, 1.165) is 0 Å². The summed E-state index contributed by atoms with van der Waals surface area (Å²) in [4.78, 5) is 4.26. The van der Waals surface area contributed by atoms with Crippen LogP contribution in [0.5, 0.6) is 5.75 Å². The van der Waals surface area contributed by atoms with Crippen LogP contribution in [0.25, 0.3) is 11.3 Å². The molecule has 3 nitrogen and oxygen atoms in total. The highest BCUT2D eigenvalue weighted by molar-refractivity contribution is 5.64. The van der Waals surface area contributed by atoms with Crippen molar-refractivity contribution < 1.29 is 9.13 Å². The quantitative estimate of drug-likeness (QED) is 0.866. The molecular weight excluding hydrogens is 219 g/mol. The minimum atomic E-state index is -0.410. The Kier molecular flexibility index (Phi) is 2.95. The van der Waals surface area contributed by atoms with Gasteiger partial charge in [-0.25, -0.2) is 4.39 Å². The van der Waals surface area contributed by atoms with Gasteiger partial charge < -0.3 is 10.5 Å². The van der Waals surface area contributed by atoms with E-state index >= 15 is 0 Å². The van der Waals surface area contributed by atoms with Crippen LogP contribution in [-0.2, 0) is 0 Å². The summed E-state index contributed by atoms with van der Waals surface area (Å²) in [6.07, 6.45) is 0. The molecule has 0 spiro atoms. The van der Waals surface area contributed by atoms with Gasteiger partial charge in [0.15, 0.2) is 11.6 Å². The molecule has 0 aliphatic carbocycles. The van der Waals surface area contributed by atoms with Crippen molar-refractivity contribution in [3.8, 4) is 17.0 Å². The highest BCUT2D eigenvalue weighted by Crippen LogP contribution is 2.28. The van der Waals surface area contributed by atoms with Crippen molar-refractivity contribution in [2.75, 3.05) is 12.8 Å². The van der Waals surface area contributed by atoms with E-state index in [0.29, 0.717) is 22.6 Å². The lowest BCUT2D eigenvalue weighted by molar-refractivity contribution is 0.387. The van der Waals surface area contributed by atoms with Crippen molar-refractivity contribution >= 4 is 5.69 Å². The number of benzene rings is 1. The lowest BCUT2D eigenvalue weighted by Gasteiger charge is -2.08. The SMILES string of the molecule is COc1cccc(-c2ccc(N)c(C)n2)c1F. The summed E-state index contributed by atoms with van der Waals surface area (Å²) in [5.41, 5.74) is 7.92. The number of aromatic nitrogens is 1. The Bertz CT molecular complexity index is 555. The Balaban J connectivity index is 2.56. The summed E-state index contributed by atoms with van der Waals surface area (Å²) in [5.74, 6) is -0.203. The summed E-state index contributed by atoms with van der Waals surface area (Å²) >= 11 is 0. The van der Waals surface area contributed by atoms with Gasteiger partial charge in [-0.2, -0.15) is 0 Å². The van der Waals surface area contributed by atoms with E-state index in [1.807, 2.05) is 0 Å². The summed E-state index contributed by atoms with van der Waals surface area (Å²) in [7, 11) is 1.43. The van der Waals surface area contributed by atoms with Gasteiger partial charge >= 0.3 is 0 Å². The van der Waals surface area contributed by atoms with Crippen molar-refractivity contribution in [3.63, 3.8) is 0 Å². The Morgan fingerprint density at radius 3 is 2.65 bits per heavy atom. The van der Waals surface area contributed by atoms with Crippen LogP contribution in [0.3, 0.4) is 0 Å². The van der Waals surface area contributed by atoms with E-state index in [2.05, 4.69) is 4.98 Å². The van der Waals surface area contributed by atoms with Gasteiger partial charge in [0.2, 0.25) is 0 Å². The molecule has 0 saturated carbocycles. The molecule has 4 heteroatoms. The van der Waals surface area contributed by atoms with Crippen LogP contribution in [0.2, 0.25) is 0 Å². The molecule has 0 bridgehead atoms. The van der Waals surface area contributed by atoms with Crippen molar-refractivity contribution in [2.24, 2.45) is 0 Å². The van der Waals surface area contributed by atoms with Gasteiger partial charge in [-0.05, 0) is 31.2 Å². The second-order valence-electron chi connectivity index (χ2n) is 3.69. The smallest absolute Gasteiger partial charge is 0.174 e. The number of aryl methyl sites for hydroxylation is 1. The number of nitrogens with two attached hydrogens (primary N) is 1. The fourth-order valence-electron chi connectivity index (χ4n) is 1.59. The van der Waals surface area contributed by atoms with Crippen molar-refractivity contribution in [2.45, 2.75) is 6.92 Å². The number of rotatable bonds is 2. The van der Waals surface area contributed by atoms with Gasteiger partial charge in [-0.1, -0.05) is 6.07 Å². The van der Waals surface area contributed by atoms with Crippen LogP contribution in [0, 0.1) is 12.7 Å². The Morgan fingerprint density at radius 2 is 2.00 bits per heavy atom. The fourth-order valence-corrected chi connectivity index (χ4v) is 1.59. The topological polar surface area (TPSA) is 48.1 Å². The first kappa shape index (κ1) is 11.4. The first-order valence-electron chi connectivity index (χ1n) is 5.19. The number of halogens is 1. The van der Waals surface area contributed by atoms with Gasteiger partial charge in [0, 0.05) is 5.56 Å². The molecule has 2 aromatic rings. The second-order valence-corrected chi connectivity index (χ2v) is 3.69. The second kappa shape index (κ2) is 4.41. The predicted molar refractivity (Wildman–Crippen MR) is 65.3 cm³/mol. The zero-order valence-corrected chi connectivity index (χ0v) is 9.70. The minimum absolute atomic E-state index is 0.207. The average Bonchev–Trinajstić information content (AvgIpc) is 2.33. The first-order chi connectivity index (χ1) is 8.13. The molecule has 0 aliphatic heterocycles.